The number of ether oxygens (including phenoxy) is 1. The summed E-state index contributed by atoms with van der Waals surface area (Å²) in [5, 5.41) is 16.2. The predicted molar refractivity (Wildman–Crippen MR) is 122 cm³/mol. The van der Waals surface area contributed by atoms with E-state index < -0.39 is 0 Å². The summed E-state index contributed by atoms with van der Waals surface area (Å²) in [6, 6.07) is 18.4. The van der Waals surface area contributed by atoms with Gasteiger partial charge in [0.15, 0.2) is 5.96 Å². The van der Waals surface area contributed by atoms with Gasteiger partial charge in [0.1, 0.15) is 0 Å². The first-order chi connectivity index (χ1) is 12.8. The minimum Gasteiger partial charge on any atom is -0.396 e. The van der Waals surface area contributed by atoms with Gasteiger partial charge in [-0.15, -0.1) is 24.0 Å². The van der Waals surface area contributed by atoms with Crippen LogP contribution in [0.25, 0.3) is 0 Å². The number of hydrogen-bond donors (Lipinski definition) is 3. The molecule has 0 aliphatic carbocycles. The van der Waals surface area contributed by atoms with Gasteiger partial charge in [-0.05, 0) is 23.6 Å². The second kappa shape index (κ2) is 13.5. The van der Waals surface area contributed by atoms with E-state index in [1.165, 1.54) is 11.1 Å². The molecule has 0 radical (unpaired) electrons. The van der Waals surface area contributed by atoms with E-state index in [4.69, 9.17) is 4.74 Å². The first-order valence-electron chi connectivity index (χ1n) is 9.02. The molecule has 5 nitrogen and oxygen atoms in total. The summed E-state index contributed by atoms with van der Waals surface area (Å²) in [6.45, 7) is 4.77. The van der Waals surface area contributed by atoms with Gasteiger partial charge in [0.05, 0.1) is 13.2 Å². The lowest BCUT2D eigenvalue weighted by Gasteiger charge is -2.18. The maximum absolute atomic E-state index is 9.65. The fourth-order valence-corrected chi connectivity index (χ4v) is 2.61. The van der Waals surface area contributed by atoms with Gasteiger partial charge in [-0.3, -0.25) is 4.99 Å². The molecule has 0 heterocycles. The molecule has 2 rings (SSSR count). The first kappa shape index (κ1) is 23.4. The van der Waals surface area contributed by atoms with Crippen molar-refractivity contribution in [2.45, 2.75) is 26.0 Å². The molecule has 2 aromatic rings. The molecular weight excluding hydrogens is 453 g/mol. The second-order valence-electron chi connectivity index (χ2n) is 6.05. The summed E-state index contributed by atoms with van der Waals surface area (Å²) in [4.78, 5) is 4.25. The van der Waals surface area contributed by atoms with Crippen LogP contribution in [0.5, 0.6) is 0 Å². The van der Waals surface area contributed by atoms with E-state index in [9.17, 15) is 5.11 Å². The Morgan fingerprint density at radius 3 is 2.30 bits per heavy atom. The Morgan fingerprint density at radius 1 is 1.04 bits per heavy atom. The molecular formula is C21H30IN3O2. The summed E-state index contributed by atoms with van der Waals surface area (Å²) >= 11 is 0. The molecule has 0 bridgehead atoms. The van der Waals surface area contributed by atoms with Crippen molar-refractivity contribution in [3.63, 3.8) is 0 Å². The van der Waals surface area contributed by atoms with Crippen molar-refractivity contribution < 1.29 is 9.84 Å². The Hall–Kier alpha value is -1.64. The van der Waals surface area contributed by atoms with Crippen molar-refractivity contribution in [1.82, 2.24) is 10.6 Å². The van der Waals surface area contributed by atoms with Crippen LogP contribution in [0.3, 0.4) is 0 Å². The summed E-state index contributed by atoms with van der Waals surface area (Å²) < 4.78 is 5.41. The third-order valence-electron chi connectivity index (χ3n) is 4.19. The third-order valence-corrected chi connectivity index (χ3v) is 4.19. The highest BCUT2D eigenvalue weighted by atomic mass is 127. The lowest BCUT2D eigenvalue weighted by molar-refractivity contribution is 0.134. The number of aliphatic hydroxyl groups is 1. The molecule has 3 N–H and O–H groups in total. The molecule has 2 aromatic carbocycles. The number of hydrogen-bond acceptors (Lipinski definition) is 3. The van der Waals surface area contributed by atoms with Gasteiger partial charge < -0.3 is 20.5 Å². The SMILES string of the molecule is CCOCc1ccc(CNC(=NC)NCC(CO)c2ccccc2)cc1.I. The van der Waals surface area contributed by atoms with E-state index in [0.717, 1.165) is 18.1 Å². The molecule has 0 saturated carbocycles. The zero-order valence-electron chi connectivity index (χ0n) is 16.0. The van der Waals surface area contributed by atoms with E-state index in [0.29, 0.717) is 19.7 Å². The predicted octanol–water partition coefficient (Wildman–Crippen LogP) is 3.28. The van der Waals surface area contributed by atoms with Crippen molar-refractivity contribution in [2.75, 3.05) is 26.8 Å². The average Bonchev–Trinajstić information content (AvgIpc) is 2.70. The lowest BCUT2D eigenvalue weighted by atomic mass is 10.0. The Balaban J connectivity index is 0.00000364. The van der Waals surface area contributed by atoms with Gasteiger partial charge in [0, 0.05) is 32.7 Å². The summed E-state index contributed by atoms with van der Waals surface area (Å²) in [6.07, 6.45) is 0. The van der Waals surface area contributed by atoms with Crippen LogP contribution in [0.15, 0.2) is 59.6 Å². The molecule has 0 spiro atoms. The van der Waals surface area contributed by atoms with Crippen LogP contribution >= 0.6 is 24.0 Å². The summed E-state index contributed by atoms with van der Waals surface area (Å²) in [5.41, 5.74) is 3.46. The van der Waals surface area contributed by atoms with Gasteiger partial charge in [-0.25, -0.2) is 0 Å². The van der Waals surface area contributed by atoms with Crippen LogP contribution in [0, 0.1) is 0 Å². The Morgan fingerprint density at radius 2 is 1.70 bits per heavy atom. The maximum atomic E-state index is 9.65. The smallest absolute Gasteiger partial charge is 0.191 e. The number of nitrogens with one attached hydrogen (secondary N) is 2. The van der Waals surface area contributed by atoms with Crippen LogP contribution in [0.4, 0.5) is 0 Å². The fourth-order valence-electron chi connectivity index (χ4n) is 2.61. The molecule has 0 fully saturated rings. The van der Waals surface area contributed by atoms with E-state index in [1.807, 2.05) is 37.3 Å². The van der Waals surface area contributed by atoms with Crippen molar-refractivity contribution in [1.29, 1.82) is 0 Å². The van der Waals surface area contributed by atoms with Crippen molar-refractivity contribution in [3.8, 4) is 0 Å². The normalized spacial score (nSPS) is 12.2. The average molecular weight is 483 g/mol. The number of halogens is 1. The summed E-state index contributed by atoms with van der Waals surface area (Å²) in [5.74, 6) is 0.755. The number of benzene rings is 2. The standard InChI is InChI=1S/C21H29N3O2.HI/c1-3-26-16-18-11-9-17(10-12-18)13-23-21(22-2)24-14-20(15-25)19-7-5-4-6-8-19;/h4-12,20,25H,3,13-16H2,1-2H3,(H2,22,23,24);1H. The van der Waals surface area contributed by atoms with Crippen molar-refractivity contribution in [2.24, 2.45) is 4.99 Å². The molecule has 1 atom stereocenters. The molecule has 0 aliphatic rings. The van der Waals surface area contributed by atoms with Crippen LogP contribution in [0.2, 0.25) is 0 Å². The fraction of sp³-hybridized carbons (Fsp3) is 0.381. The Labute approximate surface area is 179 Å². The third kappa shape index (κ3) is 8.28. The van der Waals surface area contributed by atoms with E-state index in [-0.39, 0.29) is 36.5 Å². The number of rotatable bonds is 9. The Kier molecular flexibility index (Phi) is 11.7. The second-order valence-corrected chi connectivity index (χ2v) is 6.05. The zero-order valence-corrected chi connectivity index (χ0v) is 18.4. The Bertz CT molecular complexity index is 663. The van der Waals surface area contributed by atoms with E-state index in [2.05, 4.69) is 39.9 Å². The molecule has 0 amide bonds. The van der Waals surface area contributed by atoms with E-state index >= 15 is 0 Å². The van der Waals surface area contributed by atoms with Gasteiger partial charge in [0.25, 0.3) is 0 Å². The maximum Gasteiger partial charge on any atom is 0.191 e. The number of guanidine groups is 1. The lowest BCUT2D eigenvalue weighted by Crippen LogP contribution is -2.39. The van der Waals surface area contributed by atoms with Gasteiger partial charge >= 0.3 is 0 Å². The molecule has 27 heavy (non-hydrogen) atoms. The highest BCUT2D eigenvalue weighted by Crippen LogP contribution is 2.13. The van der Waals surface area contributed by atoms with Crippen molar-refractivity contribution >= 4 is 29.9 Å². The highest BCUT2D eigenvalue weighted by Gasteiger charge is 2.10. The number of nitrogens with zero attached hydrogens (tertiary/aromatic N) is 1. The van der Waals surface area contributed by atoms with Crippen LogP contribution in [-0.4, -0.2) is 37.9 Å². The monoisotopic (exact) mass is 483 g/mol. The largest absolute Gasteiger partial charge is 0.396 e. The van der Waals surface area contributed by atoms with Crippen molar-refractivity contribution in [3.05, 3.63) is 71.3 Å². The number of aliphatic hydroxyl groups excluding tert-OH is 1. The molecule has 148 valence electrons. The van der Waals surface area contributed by atoms with Gasteiger partial charge in [-0.2, -0.15) is 0 Å². The van der Waals surface area contributed by atoms with Crippen LogP contribution in [0.1, 0.15) is 29.5 Å². The molecule has 0 saturated heterocycles. The molecule has 6 heteroatoms. The molecule has 0 aliphatic heterocycles. The first-order valence-corrected chi connectivity index (χ1v) is 9.02. The van der Waals surface area contributed by atoms with Gasteiger partial charge in [-0.1, -0.05) is 54.6 Å². The molecule has 0 aromatic heterocycles. The topological polar surface area (TPSA) is 65.9 Å². The van der Waals surface area contributed by atoms with Crippen LogP contribution < -0.4 is 10.6 Å². The minimum absolute atomic E-state index is 0. The van der Waals surface area contributed by atoms with E-state index in [1.54, 1.807) is 7.05 Å². The van der Waals surface area contributed by atoms with Crippen LogP contribution in [-0.2, 0) is 17.9 Å². The minimum atomic E-state index is 0. The highest BCUT2D eigenvalue weighted by molar-refractivity contribution is 14.0. The van der Waals surface area contributed by atoms with Gasteiger partial charge in [0.2, 0.25) is 0 Å². The summed E-state index contributed by atoms with van der Waals surface area (Å²) in [7, 11) is 1.75. The zero-order chi connectivity index (χ0) is 18.6. The molecule has 1 unspecified atom stereocenters. The quantitative estimate of drug-likeness (QED) is 0.291. The number of aliphatic imine (C=N–C) groups is 1.